The van der Waals surface area contributed by atoms with Gasteiger partial charge in [0, 0.05) is 60.9 Å². The lowest BCUT2D eigenvalue weighted by atomic mass is 10.2. The number of azide groups is 3. The number of aliphatic hydroxyl groups is 1. The van der Waals surface area contributed by atoms with Crippen LogP contribution in [0.2, 0.25) is 0 Å². The number of carboxylic acids is 2. The quantitative estimate of drug-likeness (QED) is 0.0164. The van der Waals surface area contributed by atoms with Crippen molar-refractivity contribution in [3.8, 4) is 28.7 Å². The number of aromatic carboxylic acids is 2. The van der Waals surface area contributed by atoms with Gasteiger partial charge >= 0.3 is 17.9 Å². The number of aliphatic hydroxyl groups excluding tert-OH is 1. The number of methoxy groups -OCH3 is 3. The maximum Gasteiger partial charge on any atom is 0.341 e. The lowest BCUT2D eigenvalue weighted by Gasteiger charge is -2.05. The zero-order valence-corrected chi connectivity index (χ0v) is 32.7. The van der Waals surface area contributed by atoms with E-state index in [-0.39, 0.29) is 46.2 Å². The Balaban J connectivity index is 0.000000389. The molecule has 0 saturated carbocycles. The Bertz CT molecular complexity index is 2520. The highest BCUT2D eigenvalue weighted by Crippen LogP contribution is 2.27. The molecule has 0 saturated heterocycles. The van der Waals surface area contributed by atoms with E-state index in [0.29, 0.717) is 39.7 Å². The van der Waals surface area contributed by atoms with Crippen LogP contribution >= 0.6 is 0 Å². The molecule has 0 atom stereocenters. The fourth-order valence-corrected chi connectivity index (χ4v) is 4.26. The topological polar surface area (TPSA) is 416 Å². The molecule has 5 aromatic rings. The summed E-state index contributed by atoms with van der Waals surface area (Å²) in [6.07, 6.45) is 0.734. The first kappa shape index (κ1) is 50.7. The highest BCUT2D eigenvalue weighted by Gasteiger charge is 2.11. The standard InChI is InChI=1S/C8H7N3O3.C8H9N3O2.C8H9NO2.C7H5N3O3.C7H7NO3/c1-14-8(13)6-3-2-5(10-11-9)4-7(6)12;1-13-8-4-7(10-11-9)3-2-6(8)5-12;1-11-8-4-7(9)3-2-6(8)5-10;8-10-9-4-1-2-5(7(12)13)6(11)3-4;8-4-1-2-5(7(10)11)6(9)3-4/h2-4,12H,1H3;2-4,12H,5H2,1H3;2-5H,9H2,1H3;1-3,11H,(H,12,13);1-3,9H,8H2,(H,10,11). The molecule has 5 aromatic carbocycles. The highest BCUT2D eigenvalue weighted by molar-refractivity contribution is 5.93. The van der Waals surface area contributed by atoms with Crippen molar-refractivity contribution >= 4 is 52.6 Å². The first-order chi connectivity index (χ1) is 29.5. The summed E-state index contributed by atoms with van der Waals surface area (Å²) in [6.45, 7) is -0.0975. The predicted octanol–water partition coefficient (Wildman–Crippen LogP) is 8.04. The van der Waals surface area contributed by atoms with Gasteiger partial charge in [0.1, 0.15) is 45.4 Å². The minimum absolute atomic E-state index is 0.0318. The number of carboxylic acid groups (broad SMARTS) is 2. The average Bonchev–Trinajstić information content (AvgIpc) is 3.24. The van der Waals surface area contributed by atoms with Gasteiger partial charge < -0.3 is 56.3 Å². The maximum absolute atomic E-state index is 11.0. The number of rotatable bonds is 10. The normalized spacial score (nSPS) is 9.10. The summed E-state index contributed by atoms with van der Waals surface area (Å²) in [6, 6.07) is 21.1. The Hall–Kier alpha value is -9.33. The van der Waals surface area contributed by atoms with Crippen LogP contribution in [0.4, 0.5) is 28.4 Å². The second kappa shape index (κ2) is 26.6. The zero-order valence-electron chi connectivity index (χ0n) is 32.7. The number of phenols is 3. The Kier molecular flexibility index (Phi) is 21.7. The van der Waals surface area contributed by atoms with Crippen molar-refractivity contribution in [3.63, 3.8) is 0 Å². The molecule has 0 aliphatic heterocycles. The molecule has 0 unspecified atom stereocenters. The Morgan fingerprint density at radius 3 is 1.44 bits per heavy atom. The van der Waals surface area contributed by atoms with Crippen molar-refractivity contribution in [2.75, 3.05) is 32.8 Å². The smallest absolute Gasteiger partial charge is 0.341 e. The number of hydrogen-bond acceptors (Lipinski definition) is 16. The van der Waals surface area contributed by atoms with Gasteiger partial charge in [0.25, 0.3) is 0 Å². The summed E-state index contributed by atoms with van der Waals surface area (Å²) in [7, 11) is 4.21. The van der Waals surface area contributed by atoms with Gasteiger partial charge in [-0.1, -0.05) is 39.6 Å². The van der Waals surface area contributed by atoms with Crippen LogP contribution in [-0.4, -0.2) is 76.2 Å². The van der Waals surface area contributed by atoms with E-state index in [1.165, 1.54) is 69.9 Å². The lowest BCUT2D eigenvalue weighted by molar-refractivity contribution is 0.0595. The number of hydrogen-bond donors (Lipinski definition) is 8. The number of nitrogens with two attached hydrogens (primary N) is 2. The number of benzene rings is 5. The van der Waals surface area contributed by atoms with Gasteiger partial charge in [0.05, 0.1) is 33.5 Å². The third-order valence-electron chi connectivity index (χ3n) is 7.16. The molecule has 0 aromatic heterocycles. The van der Waals surface area contributed by atoms with E-state index in [0.717, 1.165) is 12.4 Å². The molecule has 0 aliphatic carbocycles. The summed E-state index contributed by atoms with van der Waals surface area (Å²) >= 11 is 0. The van der Waals surface area contributed by atoms with Gasteiger partial charge in [-0.3, -0.25) is 4.79 Å². The van der Waals surface area contributed by atoms with Crippen molar-refractivity contribution in [2.24, 2.45) is 15.3 Å². The molecular formula is C38H37N11O13. The average molecular weight is 856 g/mol. The second-order valence-electron chi connectivity index (χ2n) is 11.1. The monoisotopic (exact) mass is 855 g/mol. The van der Waals surface area contributed by atoms with Crippen molar-refractivity contribution in [3.05, 3.63) is 150 Å². The van der Waals surface area contributed by atoms with Crippen molar-refractivity contribution in [1.29, 1.82) is 0 Å². The molecule has 0 bridgehead atoms. The van der Waals surface area contributed by atoms with Gasteiger partial charge in [0.2, 0.25) is 0 Å². The first-order valence-corrected chi connectivity index (χ1v) is 16.7. The van der Waals surface area contributed by atoms with Crippen LogP contribution in [0, 0.1) is 0 Å². The van der Waals surface area contributed by atoms with E-state index in [2.05, 4.69) is 34.8 Å². The van der Waals surface area contributed by atoms with Crippen molar-refractivity contribution in [1.82, 2.24) is 0 Å². The Morgan fingerprint density at radius 2 is 1.03 bits per heavy atom. The fourth-order valence-electron chi connectivity index (χ4n) is 4.26. The van der Waals surface area contributed by atoms with Gasteiger partial charge in [-0.2, -0.15) is 0 Å². The molecular weight excluding hydrogens is 818 g/mol. The SMILES string of the molecule is COC(=O)c1ccc(N=[N+]=[N-])cc1O.COc1cc(N)ccc1C=O.COc1cc(N=[N+]=[N-])ccc1CO.Nc1ccc(C(=O)O)c(O)c1.[N-]=[N+]=Nc1ccc(C(=O)O)c(O)c1. The summed E-state index contributed by atoms with van der Waals surface area (Å²) in [5, 5.41) is 63.2. The summed E-state index contributed by atoms with van der Waals surface area (Å²) in [5.74, 6) is -3.01. The highest BCUT2D eigenvalue weighted by atomic mass is 16.5. The largest absolute Gasteiger partial charge is 0.507 e. The number of anilines is 2. The van der Waals surface area contributed by atoms with Crippen LogP contribution in [0.5, 0.6) is 28.7 Å². The van der Waals surface area contributed by atoms with Crippen LogP contribution in [0.1, 0.15) is 47.0 Å². The number of aromatic hydroxyl groups is 3. The number of carbonyl (C=O) groups is 4. The number of esters is 1. The molecule has 322 valence electrons. The minimum Gasteiger partial charge on any atom is -0.507 e. The van der Waals surface area contributed by atoms with Crippen LogP contribution < -0.4 is 20.9 Å². The summed E-state index contributed by atoms with van der Waals surface area (Å²) in [5.41, 5.74) is 37.7. The van der Waals surface area contributed by atoms with E-state index in [1.807, 2.05) is 0 Å². The third kappa shape index (κ3) is 16.6. The Labute approximate surface area is 349 Å². The molecule has 24 heteroatoms. The fraction of sp³-hybridized carbons (Fsp3) is 0.105. The van der Waals surface area contributed by atoms with Crippen LogP contribution in [0.25, 0.3) is 31.3 Å². The van der Waals surface area contributed by atoms with E-state index in [1.54, 1.807) is 36.4 Å². The van der Waals surface area contributed by atoms with E-state index in [9.17, 15) is 24.3 Å². The lowest BCUT2D eigenvalue weighted by Crippen LogP contribution is -2.00. The molecule has 0 fully saturated rings. The zero-order chi connectivity index (χ0) is 46.8. The van der Waals surface area contributed by atoms with Crippen LogP contribution in [0.3, 0.4) is 0 Å². The van der Waals surface area contributed by atoms with E-state index in [4.69, 9.17) is 63.1 Å². The van der Waals surface area contributed by atoms with Gasteiger partial charge in [-0.05, 0) is 71.2 Å². The molecule has 24 nitrogen and oxygen atoms in total. The third-order valence-corrected chi connectivity index (χ3v) is 7.16. The number of aldehydes is 1. The summed E-state index contributed by atoms with van der Waals surface area (Å²) < 4.78 is 14.3. The van der Waals surface area contributed by atoms with E-state index >= 15 is 0 Å². The van der Waals surface area contributed by atoms with Gasteiger partial charge in [-0.15, -0.1) is 0 Å². The molecule has 5 rings (SSSR count). The number of nitrogen functional groups attached to an aromatic ring is 2. The molecule has 10 N–H and O–H groups in total. The first-order valence-electron chi connectivity index (χ1n) is 16.7. The Morgan fingerprint density at radius 1 is 0.613 bits per heavy atom. The van der Waals surface area contributed by atoms with Crippen molar-refractivity contribution in [2.45, 2.75) is 6.61 Å². The molecule has 0 aliphatic rings. The second-order valence-corrected chi connectivity index (χ2v) is 11.1. The van der Waals surface area contributed by atoms with Gasteiger partial charge in [0.15, 0.2) is 6.29 Å². The van der Waals surface area contributed by atoms with Crippen LogP contribution in [0.15, 0.2) is 106 Å². The predicted molar refractivity (Wildman–Crippen MR) is 222 cm³/mol. The molecule has 0 radical (unpaired) electrons. The number of carbonyl (C=O) groups excluding carboxylic acids is 2. The molecule has 0 amide bonds. The number of phenolic OH excluding ortho intramolecular Hbond substituents is 1. The molecule has 62 heavy (non-hydrogen) atoms. The number of nitrogens with zero attached hydrogens (tertiary/aromatic N) is 9. The van der Waals surface area contributed by atoms with Gasteiger partial charge in [-0.25, -0.2) is 14.4 Å². The number of ether oxygens (including phenoxy) is 3. The van der Waals surface area contributed by atoms with E-state index < -0.39 is 23.7 Å². The molecule has 0 heterocycles. The van der Waals surface area contributed by atoms with Crippen LogP contribution in [-0.2, 0) is 11.3 Å². The summed E-state index contributed by atoms with van der Waals surface area (Å²) in [4.78, 5) is 49.8. The molecule has 0 spiro atoms. The van der Waals surface area contributed by atoms with Crippen molar-refractivity contribution < 1.29 is 64.0 Å². The maximum atomic E-state index is 11.0. The minimum atomic E-state index is -1.23.